The summed E-state index contributed by atoms with van der Waals surface area (Å²) in [7, 11) is 0. The van der Waals surface area contributed by atoms with E-state index in [1.807, 2.05) is 41.9 Å². The maximum Gasteiger partial charge on any atom is 0.325 e. The summed E-state index contributed by atoms with van der Waals surface area (Å²) < 4.78 is 0. The summed E-state index contributed by atoms with van der Waals surface area (Å²) in [5.74, 6) is -0.739. The molecule has 9 heteroatoms. The maximum atomic E-state index is 13.1. The largest absolute Gasteiger partial charge is 0.325 e. The highest BCUT2D eigenvalue weighted by Crippen LogP contribution is 2.36. The average molecular weight is 417 g/mol. The van der Waals surface area contributed by atoms with Crippen LogP contribution in [0.2, 0.25) is 0 Å². The van der Waals surface area contributed by atoms with E-state index in [9.17, 15) is 14.4 Å². The molecule has 4 amide bonds. The lowest BCUT2D eigenvalue weighted by molar-refractivity contribution is -0.139. The number of carbonyl (C=O) groups is 3. The lowest BCUT2D eigenvalue weighted by Gasteiger charge is -2.23. The fourth-order valence-electron chi connectivity index (χ4n) is 3.37. The number of nitrogens with zero attached hydrogens (tertiary/aromatic N) is 3. The van der Waals surface area contributed by atoms with Crippen molar-refractivity contribution in [1.29, 1.82) is 0 Å². The molecule has 2 aromatic heterocycles. The Bertz CT molecular complexity index is 939. The third-order valence-electron chi connectivity index (χ3n) is 5.19. The second kappa shape index (κ2) is 7.14. The molecule has 0 unspecified atom stereocenters. The van der Waals surface area contributed by atoms with Crippen LogP contribution in [0.15, 0.2) is 40.1 Å². The Balaban J connectivity index is 1.59. The first kappa shape index (κ1) is 18.8. The third-order valence-corrected chi connectivity index (χ3v) is 7.08. The van der Waals surface area contributed by atoms with E-state index < -0.39 is 11.6 Å². The lowest BCUT2D eigenvalue weighted by atomic mass is 9.99. The molecule has 1 N–H and O–H groups in total. The van der Waals surface area contributed by atoms with E-state index in [2.05, 4.69) is 10.4 Å². The molecule has 2 aliphatic heterocycles. The molecule has 1 fully saturated rings. The third kappa shape index (κ3) is 3.14. The summed E-state index contributed by atoms with van der Waals surface area (Å²) >= 11 is 3.14. The number of imide groups is 1. The minimum absolute atomic E-state index is 0.220. The fraction of sp³-hybridized carbons (Fsp3) is 0.368. The molecule has 1 saturated heterocycles. The summed E-state index contributed by atoms with van der Waals surface area (Å²) in [6.07, 6.45) is 1.07. The molecule has 7 nitrogen and oxygen atoms in total. The van der Waals surface area contributed by atoms with E-state index in [4.69, 9.17) is 0 Å². The van der Waals surface area contributed by atoms with E-state index >= 15 is 0 Å². The summed E-state index contributed by atoms with van der Waals surface area (Å²) in [5.41, 5.74) is -0.113. The Labute approximate surface area is 170 Å². The molecule has 146 valence electrons. The van der Waals surface area contributed by atoms with Gasteiger partial charge in [0.2, 0.25) is 0 Å². The summed E-state index contributed by atoms with van der Waals surface area (Å²) in [6, 6.07) is 7.10. The molecule has 28 heavy (non-hydrogen) atoms. The molecule has 0 spiro atoms. The van der Waals surface area contributed by atoms with Gasteiger partial charge in [-0.05, 0) is 36.2 Å². The molecule has 0 bridgehead atoms. The van der Waals surface area contributed by atoms with Crippen molar-refractivity contribution in [3.05, 3.63) is 44.8 Å². The van der Waals surface area contributed by atoms with Crippen LogP contribution >= 0.6 is 22.7 Å². The van der Waals surface area contributed by atoms with Gasteiger partial charge in [-0.1, -0.05) is 19.1 Å². The number of urea groups is 1. The van der Waals surface area contributed by atoms with Crippen LogP contribution in [0.5, 0.6) is 0 Å². The van der Waals surface area contributed by atoms with Crippen LogP contribution in [0.4, 0.5) is 4.79 Å². The second-order valence-electron chi connectivity index (χ2n) is 7.00. The number of hydrogen-bond donors (Lipinski definition) is 1. The molecule has 4 heterocycles. The van der Waals surface area contributed by atoms with Gasteiger partial charge in [-0.3, -0.25) is 14.5 Å². The Kier molecular flexibility index (Phi) is 4.80. The lowest BCUT2D eigenvalue weighted by Crippen LogP contribution is -2.44. The van der Waals surface area contributed by atoms with Crippen LogP contribution in [0.1, 0.15) is 42.5 Å². The minimum atomic E-state index is -0.957. The van der Waals surface area contributed by atoms with Crippen LogP contribution < -0.4 is 5.32 Å². The summed E-state index contributed by atoms with van der Waals surface area (Å²) in [5, 5.41) is 12.6. The van der Waals surface area contributed by atoms with E-state index in [1.54, 1.807) is 29.6 Å². The van der Waals surface area contributed by atoms with Crippen LogP contribution in [0.25, 0.3) is 0 Å². The van der Waals surface area contributed by atoms with Gasteiger partial charge in [-0.25, -0.2) is 9.80 Å². The fourth-order valence-corrected chi connectivity index (χ4v) is 4.91. The van der Waals surface area contributed by atoms with E-state index in [-0.39, 0.29) is 24.4 Å². The zero-order valence-electron chi connectivity index (χ0n) is 15.5. The highest BCUT2D eigenvalue weighted by atomic mass is 32.1. The van der Waals surface area contributed by atoms with E-state index in [0.29, 0.717) is 12.8 Å². The first-order valence-corrected chi connectivity index (χ1v) is 10.8. The van der Waals surface area contributed by atoms with E-state index in [1.165, 1.54) is 5.01 Å². The van der Waals surface area contributed by atoms with Gasteiger partial charge in [-0.15, -0.1) is 22.7 Å². The molecule has 0 aliphatic carbocycles. The van der Waals surface area contributed by atoms with Crippen LogP contribution in [-0.2, 0) is 9.59 Å². The van der Waals surface area contributed by atoms with Crippen molar-refractivity contribution in [1.82, 2.24) is 15.2 Å². The topological polar surface area (TPSA) is 82.1 Å². The average Bonchev–Trinajstić information content (AvgIpc) is 3.45. The van der Waals surface area contributed by atoms with Gasteiger partial charge in [0.05, 0.1) is 16.6 Å². The van der Waals surface area contributed by atoms with Gasteiger partial charge >= 0.3 is 6.03 Å². The minimum Gasteiger partial charge on any atom is -0.323 e. The number of hydrogen-bond acceptors (Lipinski definition) is 6. The van der Waals surface area contributed by atoms with Crippen molar-refractivity contribution >= 4 is 46.2 Å². The quantitative estimate of drug-likeness (QED) is 0.760. The van der Waals surface area contributed by atoms with Crippen LogP contribution in [0.3, 0.4) is 0 Å². The molecular weight excluding hydrogens is 396 g/mol. The van der Waals surface area contributed by atoms with Crippen molar-refractivity contribution in [2.24, 2.45) is 5.10 Å². The normalized spacial score (nSPS) is 24.6. The van der Waals surface area contributed by atoms with Crippen LogP contribution in [-0.4, -0.2) is 45.5 Å². The highest BCUT2D eigenvalue weighted by molar-refractivity contribution is 7.12. The maximum absolute atomic E-state index is 13.1. The Morgan fingerprint density at radius 1 is 1.29 bits per heavy atom. The number of nitrogens with one attached hydrogen (secondary N) is 1. The number of thiophene rings is 2. The molecular formula is C19H20N4O3S2. The van der Waals surface area contributed by atoms with Crippen LogP contribution in [0, 0.1) is 0 Å². The number of amides is 4. The Morgan fingerprint density at radius 2 is 2.04 bits per heavy atom. The Morgan fingerprint density at radius 3 is 2.64 bits per heavy atom. The smallest absolute Gasteiger partial charge is 0.323 e. The Hall–Kier alpha value is -2.52. The van der Waals surface area contributed by atoms with Crippen molar-refractivity contribution < 1.29 is 14.4 Å². The molecule has 2 aromatic rings. The van der Waals surface area contributed by atoms with Crippen molar-refractivity contribution in [2.75, 3.05) is 6.54 Å². The summed E-state index contributed by atoms with van der Waals surface area (Å²) in [6.45, 7) is 3.19. The van der Waals surface area contributed by atoms with Gasteiger partial charge in [0.1, 0.15) is 12.1 Å². The van der Waals surface area contributed by atoms with Gasteiger partial charge in [-0.2, -0.15) is 5.10 Å². The SMILES string of the molecule is CC[C@]1(C)NC(=O)N(CC(=O)N2N=C(c3cccs3)C[C@@H]2c2cccs2)C1=O. The van der Waals surface area contributed by atoms with Crippen molar-refractivity contribution in [3.8, 4) is 0 Å². The second-order valence-corrected chi connectivity index (χ2v) is 8.93. The molecule has 0 saturated carbocycles. The number of carbonyl (C=O) groups excluding carboxylic acids is 3. The highest BCUT2D eigenvalue weighted by Gasteiger charge is 2.48. The first-order chi connectivity index (χ1) is 13.4. The number of rotatable bonds is 5. The standard InChI is InChI=1S/C19H20N4O3S2/c1-3-19(2)17(25)22(18(26)20-19)11-16(24)23-13(15-7-5-9-28-15)10-12(21-23)14-6-4-8-27-14/h4-9,13H,3,10-11H2,1-2H3,(H,20,26)/t13-,19+/m1/s1. The molecule has 2 atom stereocenters. The predicted octanol–water partition coefficient (Wildman–Crippen LogP) is 3.21. The summed E-state index contributed by atoms with van der Waals surface area (Å²) in [4.78, 5) is 41.0. The van der Waals surface area contributed by atoms with Gasteiger partial charge in [0.25, 0.3) is 11.8 Å². The van der Waals surface area contributed by atoms with Crippen molar-refractivity contribution in [2.45, 2.75) is 38.3 Å². The van der Waals surface area contributed by atoms with Gasteiger partial charge in [0, 0.05) is 11.3 Å². The first-order valence-electron chi connectivity index (χ1n) is 9.04. The zero-order chi connectivity index (χ0) is 19.9. The number of hydrazone groups is 1. The van der Waals surface area contributed by atoms with Crippen molar-refractivity contribution in [3.63, 3.8) is 0 Å². The van der Waals surface area contributed by atoms with Gasteiger partial charge in [0.15, 0.2) is 0 Å². The monoisotopic (exact) mass is 416 g/mol. The van der Waals surface area contributed by atoms with Gasteiger partial charge < -0.3 is 5.32 Å². The molecule has 4 rings (SSSR count). The molecule has 0 radical (unpaired) electrons. The molecule has 2 aliphatic rings. The zero-order valence-corrected chi connectivity index (χ0v) is 17.2. The van der Waals surface area contributed by atoms with E-state index in [0.717, 1.165) is 20.4 Å². The predicted molar refractivity (Wildman–Crippen MR) is 108 cm³/mol. The molecule has 0 aromatic carbocycles.